The summed E-state index contributed by atoms with van der Waals surface area (Å²) in [5, 5.41) is 13.4. The predicted octanol–water partition coefficient (Wildman–Crippen LogP) is 1.25. The van der Waals surface area contributed by atoms with Crippen molar-refractivity contribution in [3.8, 4) is 0 Å². The second-order valence-electron chi connectivity index (χ2n) is 5.49. The van der Waals surface area contributed by atoms with E-state index in [2.05, 4.69) is 5.32 Å². The lowest BCUT2D eigenvalue weighted by molar-refractivity contribution is -0.385. The fourth-order valence-corrected chi connectivity index (χ4v) is 2.19. The second-order valence-corrected chi connectivity index (χ2v) is 5.49. The molecule has 1 aromatic carbocycles. The van der Waals surface area contributed by atoms with Crippen molar-refractivity contribution in [2.75, 3.05) is 19.4 Å². The molecule has 0 bridgehead atoms. The summed E-state index contributed by atoms with van der Waals surface area (Å²) < 4.78 is 1.16. The minimum atomic E-state index is -0.807. The molecule has 1 N–H and O–H groups in total. The molecule has 0 aliphatic rings. The largest absolute Gasteiger partial charge is 0.345 e. The number of benzene rings is 1. The van der Waals surface area contributed by atoms with Crippen LogP contribution in [0.5, 0.6) is 0 Å². The Balaban J connectivity index is 2.44. The lowest BCUT2D eigenvalue weighted by Gasteiger charge is -2.13. The number of nitrogens with zero attached hydrogens (tertiary/aromatic N) is 3. The van der Waals surface area contributed by atoms with Crippen molar-refractivity contribution in [1.82, 2.24) is 9.47 Å². The van der Waals surface area contributed by atoms with Crippen molar-refractivity contribution in [1.29, 1.82) is 0 Å². The molecule has 0 aliphatic heterocycles. The Morgan fingerprint density at radius 1 is 1.24 bits per heavy atom. The first-order valence-electron chi connectivity index (χ1n) is 7.19. The van der Waals surface area contributed by atoms with Gasteiger partial charge in [-0.15, -0.1) is 0 Å². The Hall–Kier alpha value is -3.49. The van der Waals surface area contributed by atoms with Crippen LogP contribution in [0.1, 0.15) is 20.7 Å². The van der Waals surface area contributed by atoms with E-state index in [1.807, 2.05) is 0 Å². The van der Waals surface area contributed by atoms with Crippen molar-refractivity contribution in [3.05, 3.63) is 68.1 Å². The maximum atomic E-state index is 12.4. The lowest BCUT2D eigenvalue weighted by atomic mass is 10.1. The van der Waals surface area contributed by atoms with E-state index in [-0.39, 0.29) is 28.4 Å². The van der Waals surface area contributed by atoms with Crippen molar-refractivity contribution >= 4 is 23.2 Å². The molecule has 0 radical (unpaired) electrons. The summed E-state index contributed by atoms with van der Waals surface area (Å²) >= 11 is 0. The molecule has 9 nitrogen and oxygen atoms in total. The van der Waals surface area contributed by atoms with Gasteiger partial charge in [0.2, 0.25) is 0 Å². The molecule has 1 aromatic heterocycles. The Labute approximate surface area is 142 Å². The van der Waals surface area contributed by atoms with Crippen molar-refractivity contribution in [3.63, 3.8) is 0 Å². The second kappa shape index (κ2) is 6.95. The summed E-state index contributed by atoms with van der Waals surface area (Å²) in [6, 6.07) is 6.64. The molecule has 0 fully saturated rings. The number of hydrogen-bond acceptors (Lipinski definition) is 5. The van der Waals surface area contributed by atoms with Crippen molar-refractivity contribution in [2.24, 2.45) is 7.05 Å². The van der Waals surface area contributed by atoms with E-state index in [1.54, 1.807) is 14.1 Å². The third kappa shape index (κ3) is 3.71. The number of para-hydroxylation sites is 1. The fourth-order valence-electron chi connectivity index (χ4n) is 2.19. The zero-order valence-corrected chi connectivity index (χ0v) is 13.8. The van der Waals surface area contributed by atoms with E-state index in [4.69, 9.17) is 0 Å². The number of carbonyl (C=O) groups excluding carboxylic acids is 2. The number of nitrogens with one attached hydrogen (secondary N) is 1. The van der Waals surface area contributed by atoms with Crippen LogP contribution in [0.25, 0.3) is 0 Å². The highest BCUT2D eigenvalue weighted by atomic mass is 16.6. The number of nitro benzene ring substituents is 1. The molecular weight excluding hydrogens is 328 g/mol. The quantitative estimate of drug-likeness (QED) is 0.662. The van der Waals surface area contributed by atoms with Gasteiger partial charge in [0.25, 0.3) is 23.1 Å². The van der Waals surface area contributed by atoms with Gasteiger partial charge in [-0.2, -0.15) is 0 Å². The van der Waals surface area contributed by atoms with Crippen LogP contribution in [0.3, 0.4) is 0 Å². The third-order valence-corrected chi connectivity index (χ3v) is 3.43. The number of amides is 2. The van der Waals surface area contributed by atoms with Gasteiger partial charge in [0.1, 0.15) is 11.3 Å². The van der Waals surface area contributed by atoms with Crippen LogP contribution < -0.4 is 10.9 Å². The van der Waals surface area contributed by atoms with E-state index in [0.717, 1.165) is 4.57 Å². The predicted molar refractivity (Wildman–Crippen MR) is 90.8 cm³/mol. The van der Waals surface area contributed by atoms with Gasteiger partial charge in [0.05, 0.1) is 10.5 Å². The van der Waals surface area contributed by atoms with Crippen LogP contribution in [0.15, 0.2) is 41.3 Å². The first-order chi connectivity index (χ1) is 11.7. The molecule has 9 heteroatoms. The highest BCUT2D eigenvalue weighted by molar-refractivity contribution is 6.07. The number of aromatic nitrogens is 1. The van der Waals surface area contributed by atoms with Gasteiger partial charge in [0.15, 0.2) is 0 Å². The summed E-state index contributed by atoms with van der Waals surface area (Å²) in [5.41, 5.74) is -1.04. The molecule has 0 unspecified atom stereocenters. The molecule has 2 aromatic rings. The number of rotatable bonds is 4. The van der Waals surface area contributed by atoms with Crippen LogP contribution >= 0.6 is 0 Å². The smallest absolute Gasteiger partial charge is 0.282 e. The zero-order chi connectivity index (χ0) is 18.7. The average molecular weight is 344 g/mol. The molecule has 130 valence electrons. The topological polar surface area (TPSA) is 115 Å². The van der Waals surface area contributed by atoms with Crippen LogP contribution in [-0.2, 0) is 7.05 Å². The van der Waals surface area contributed by atoms with Crippen LogP contribution in [0.2, 0.25) is 0 Å². The van der Waals surface area contributed by atoms with E-state index >= 15 is 0 Å². The molecule has 0 saturated heterocycles. The van der Waals surface area contributed by atoms with Gasteiger partial charge < -0.3 is 14.8 Å². The van der Waals surface area contributed by atoms with Gasteiger partial charge in [0, 0.05) is 33.4 Å². The van der Waals surface area contributed by atoms with Gasteiger partial charge in [-0.05, 0) is 12.1 Å². The van der Waals surface area contributed by atoms with Crippen molar-refractivity contribution < 1.29 is 14.5 Å². The fraction of sp³-hybridized carbons (Fsp3) is 0.188. The summed E-state index contributed by atoms with van der Waals surface area (Å²) in [5.74, 6) is -1.16. The number of pyridine rings is 1. The lowest BCUT2D eigenvalue weighted by Crippen LogP contribution is -2.28. The van der Waals surface area contributed by atoms with Crippen LogP contribution in [0, 0.1) is 10.1 Å². The van der Waals surface area contributed by atoms with Crippen molar-refractivity contribution in [2.45, 2.75) is 0 Å². The van der Waals surface area contributed by atoms with E-state index in [1.165, 1.54) is 48.5 Å². The standard InChI is InChI=1S/C16H16N4O5/c1-18(2)15(22)10-8-12(16(23)19(3)9-10)17-14(21)11-6-4-5-7-13(11)20(24)25/h4-9H,1-3H3,(H,17,21). The molecule has 1 heterocycles. The minimum Gasteiger partial charge on any atom is -0.345 e. The summed E-state index contributed by atoms with van der Waals surface area (Å²) in [6.45, 7) is 0. The first-order valence-corrected chi connectivity index (χ1v) is 7.19. The monoisotopic (exact) mass is 344 g/mol. The number of anilines is 1. The number of aryl methyl sites for hydroxylation is 1. The van der Waals surface area contributed by atoms with Crippen LogP contribution in [-0.4, -0.2) is 40.3 Å². The van der Waals surface area contributed by atoms with E-state index < -0.39 is 16.4 Å². The first kappa shape index (κ1) is 17.9. The maximum Gasteiger partial charge on any atom is 0.282 e. The normalized spacial score (nSPS) is 10.2. The van der Waals surface area contributed by atoms with Gasteiger partial charge >= 0.3 is 0 Å². The Morgan fingerprint density at radius 2 is 1.88 bits per heavy atom. The van der Waals surface area contributed by atoms with Gasteiger partial charge in [-0.3, -0.25) is 24.5 Å². The number of carbonyl (C=O) groups is 2. The average Bonchev–Trinajstić information content (AvgIpc) is 2.57. The van der Waals surface area contributed by atoms with E-state index in [0.29, 0.717) is 0 Å². The highest BCUT2D eigenvalue weighted by Gasteiger charge is 2.21. The van der Waals surface area contributed by atoms with Gasteiger partial charge in [-0.25, -0.2) is 0 Å². The SMILES string of the molecule is CN(C)C(=O)c1cc(NC(=O)c2ccccc2[N+](=O)[O-])c(=O)n(C)c1. The molecule has 2 amide bonds. The maximum absolute atomic E-state index is 12.4. The molecule has 25 heavy (non-hydrogen) atoms. The number of hydrogen-bond donors (Lipinski definition) is 1. The molecule has 0 aliphatic carbocycles. The summed E-state index contributed by atoms with van der Waals surface area (Å²) in [6.07, 6.45) is 1.35. The third-order valence-electron chi connectivity index (χ3n) is 3.43. The van der Waals surface area contributed by atoms with Crippen LogP contribution in [0.4, 0.5) is 11.4 Å². The van der Waals surface area contributed by atoms with E-state index in [9.17, 15) is 24.5 Å². The zero-order valence-electron chi connectivity index (χ0n) is 13.8. The minimum absolute atomic E-state index is 0.140. The summed E-state index contributed by atoms with van der Waals surface area (Å²) in [4.78, 5) is 48.3. The molecule has 2 rings (SSSR count). The Bertz CT molecular complexity index is 917. The van der Waals surface area contributed by atoms with Gasteiger partial charge in [-0.1, -0.05) is 12.1 Å². The number of nitro groups is 1. The summed E-state index contributed by atoms with van der Waals surface area (Å²) in [7, 11) is 4.55. The molecule has 0 spiro atoms. The molecule has 0 atom stereocenters. The molecule has 0 saturated carbocycles. The molecular formula is C16H16N4O5. The Kier molecular flexibility index (Phi) is 4.97. The Morgan fingerprint density at radius 3 is 2.48 bits per heavy atom. The highest BCUT2D eigenvalue weighted by Crippen LogP contribution is 2.19.